The van der Waals surface area contributed by atoms with Crippen molar-refractivity contribution in [3.05, 3.63) is 51.9 Å². The second-order valence-electron chi connectivity index (χ2n) is 6.50. The van der Waals surface area contributed by atoms with Gasteiger partial charge in [0, 0.05) is 34.0 Å². The summed E-state index contributed by atoms with van der Waals surface area (Å²) in [4.78, 5) is 9.28. The normalized spacial score (nSPS) is 17.2. The van der Waals surface area contributed by atoms with Crippen molar-refractivity contribution < 1.29 is 0 Å². The zero-order valence-electron chi connectivity index (χ0n) is 13.8. The number of halogens is 1. The summed E-state index contributed by atoms with van der Waals surface area (Å²) in [5, 5.41) is 1.26. The maximum absolute atomic E-state index is 6.48. The summed E-state index contributed by atoms with van der Waals surface area (Å²) in [7, 11) is 0. The van der Waals surface area contributed by atoms with Crippen molar-refractivity contribution in [2.75, 3.05) is 0 Å². The van der Waals surface area contributed by atoms with Gasteiger partial charge in [0.1, 0.15) is 0 Å². The van der Waals surface area contributed by atoms with Crippen LogP contribution in [0.15, 0.2) is 35.1 Å². The highest BCUT2D eigenvalue weighted by molar-refractivity contribution is 9.10. The minimum absolute atomic E-state index is 0.0406. The van der Waals surface area contributed by atoms with Gasteiger partial charge in [0.15, 0.2) is 0 Å². The first-order valence-corrected chi connectivity index (χ1v) is 9.38. The molecule has 24 heavy (non-hydrogen) atoms. The summed E-state index contributed by atoms with van der Waals surface area (Å²) in [5.41, 5.74) is 11.3. The molecule has 2 heterocycles. The zero-order chi connectivity index (χ0) is 16.7. The molecular weight excluding hydrogens is 364 g/mol. The highest BCUT2D eigenvalue weighted by Crippen LogP contribution is 2.38. The number of benzene rings is 1. The lowest BCUT2D eigenvalue weighted by molar-refractivity contribution is 0.549. The van der Waals surface area contributed by atoms with Crippen LogP contribution >= 0.6 is 15.9 Å². The monoisotopic (exact) mass is 384 g/mol. The molecule has 124 valence electrons. The van der Waals surface area contributed by atoms with Crippen molar-refractivity contribution in [2.45, 2.75) is 45.1 Å². The number of fused-ring (bicyclic) bond motifs is 3. The van der Waals surface area contributed by atoms with Crippen LogP contribution in [0.4, 0.5) is 0 Å². The van der Waals surface area contributed by atoms with Crippen LogP contribution < -0.4 is 5.73 Å². The van der Waals surface area contributed by atoms with Gasteiger partial charge >= 0.3 is 0 Å². The van der Waals surface area contributed by atoms with Crippen LogP contribution in [0.5, 0.6) is 0 Å². The number of nitrogens with zero attached hydrogens (tertiary/aromatic N) is 3. The average molecular weight is 385 g/mol. The maximum atomic E-state index is 6.48. The minimum Gasteiger partial charge on any atom is -0.323 e. The summed E-state index contributed by atoms with van der Waals surface area (Å²) in [6.45, 7) is 2.17. The summed E-state index contributed by atoms with van der Waals surface area (Å²) in [5.74, 6) is 0.723. The number of hydrogen-bond donors (Lipinski definition) is 1. The van der Waals surface area contributed by atoms with Crippen molar-refractivity contribution in [1.82, 2.24) is 14.5 Å². The topological polar surface area (TPSA) is 56.7 Å². The summed E-state index contributed by atoms with van der Waals surface area (Å²) in [6, 6.07) is 6.43. The second kappa shape index (κ2) is 6.30. The molecule has 0 aliphatic heterocycles. The van der Waals surface area contributed by atoms with Crippen molar-refractivity contribution in [2.24, 2.45) is 5.73 Å². The molecule has 1 unspecified atom stereocenters. The van der Waals surface area contributed by atoms with E-state index in [0.717, 1.165) is 48.0 Å². The predicted octanol–water partition coefficient (Wildman–Crippen LogP) is 4.47. The second-order valence-corrected chi connectivity index (χ2v) is 7.42. The van der Waals surface area contributed by atoms with Crippen LogP contribution in [0, 0.1) is 0 Å². The molecule has 0 radical (unpaired) electrons. The van der Waals surface area contributed by atoms with Crippen LogP contribution in [-0.2, 0) is 12.8 Å². The Balaban J connectivity index is 1.95. The smallest absolute Gasteiger partial charge is 0.234 e. The maximum Gasteiger partial charge on any atom is 0.234 e. The molecule has 2 N–H and O–H groups in total. The Hall–Kier alpha value is -1.72. The minimum atomic E-state index is 0.0406. The van der Waals surface area contributed by atoms with E-state index in [9.17, 15) is 0 Å². The predicted molar refractivity (Wildman–Crippen MR) is 100 cm³/mol. The van der Waals surface area contributed by atoms with Crippen LogP contribution in [0.3, 0.4) is 0 Å². The van der Waals surface area contributed by atoms with E-state index in [4.69, 9.17) is 5.73 Å². The van der Waals surface area contributed by atoms with Crippen molar-refractivity contribution >= 4 is 26.8 Å². The van der Waals surface area contributed by atoms with E-state index in [2.05, 4.69) is 55.6 Å². The van der Waals surface area contributed by atoms with Gasteiger partial charge in [-0.1, -0.05) is 29.3 Å². The van der Waals surface area contributed by atoms with Gasteiger partial charge in [-0.2, -0.15) is 0 Å². The average Bonchev–Trinajstić information content (AvgIpc) is 2.91. The quantitative estimate of drug-likeness (QED) is 0.724. The van der Waals surface area contributed by atoms with E-state index >= 15 is 0 Å². The fraction of sp³-hybridized carbons (Fsp3) is 0.368. The summed E-state index contributed by atoms with van der Waals surface area (Å²) >= 11 is 3.60. The molecule has 0 saturated heterocycles. The Morgan fingerprint density at radius 1 is 1.29 bits per heavy atom. The molecule has 1 aliphatic rings. The van der Waals surface area contributed by atoms with Gasteiger partial charge in [-0.15, -0.1) is 0 Å². The first kappa shape index (κ1) is 15.8. The number of aromatic nitrogens is 3. The van der Waals surface area contributed by atoms with E-state index in [1.54, 1.807) is 0 Å². The fourth-order valence-corrected chi connectivity index (χ4v) is 4.09. The lowest BCUT2D eigenvalue weighted by atomic mass is 9.92. The molecule has 0 bridgehead atoms. The van der Waals surface area contributed by atoms with Gasteiger partial charge in [-0.3, -0.25) is 4.57 Å². The molecule has 4 nitrogen and oxygen atoms in total. The molecular formula is C19H21BrN4. The van der Waals surface area contributed by atoms with E-state index in [0.29, 0.717) is 0 Å². The van der Waals surface area contributed by atoms with E-state index in [1.165, 1.54) is 22.2 Å². The first-order valence-electron chi connectivity index (χ1n) is 8.58. The first-order chi connectivity index (χ1) is 11.7. The van der Waals surface area contributed by atoms with E-state index in [-0.39, 0.29) is 6.04 Å². The Morgan fingerprint density at radius 3 is 2.83 bits per heavy atom. The standard InChI is InChI=1S/C19H21BrN4/c1-2-4-12-10-22-19(23-11-12)24-17-8-7-13(20)9-15(17)14-5-3-6-16(21)18(14)24/h7-11,16H,2-6,21H2,1H3. The molecule has 1 atom stereocenters. The third-order valence-electron chi connectivity index (χ3n) is 4.80. The lowest BCUT2D eigenvalue weighted by Gasteiger charge is -2.21. The number of hydrogen-bond acceptors (Lipinski definition) is 3. The molecule has 0 amide bonds. The zero-order valence-corrected chi connectivity index (χ0v) is 15.4. The van der Waals surface area contributed by atoms with Crippen LogP contribution in [0.1, 0.15) is 49.0 Å². The number of aryl methyl sites for hydroxylation is 2. The molecule has 5 heteroatoms. The number of rotatable bonds is 3. The fourth-order valence-electron chi connectivity index (χ4n) is 3.73. The molecule has 0 saturated carbocycles. The van der Waals surface area contributed by atoms with Gasteiger partial charge in [0.25, 0.3) is 0 Å². The molecule has 3 aromatic rings. The van der Waals surface area contributed by atoms with Crippen LogP contribution in [0.25, 0.3) is 16.9 Å². The lowest BCUT2D eigenvalue weighted by Crippen LogP contribution is -2.21. The van der Waals surface area contributed by atoms with Gasteiger partial charge in [0.05, 0.1) is 5.52 Å². The largest absolute Gasteiger partial charge is 0.323 e. The molecule has 0 fully saturated rings. The summed E-state index contributed by atoms with van der Waals surface area (Å²) in [6.07, 6.45) is 9.21. The Kier molecular flexibility index (Phi) is 4.14. The van der Waals surface area contributed by atoms with Gasteiger partial charge in [-0.05, 0) is 55.0 Å². The highest BCUT2D eigenvalue weighted by atomic mass is 79.9. The Labute approximate surface area is 150 Å². The van der Waals surface area contributed by atoms with Crippen LogP contribution in [-0.4, -0.2) is 14.5 Å². The SMILES string of the molecule is CCCc1cnc(-n2c3c(c4cc(Br)ccc42)CCCC3N)nc1. The highest BCUT2D eigenvalue weighted by Gasteiger charge is 2.27. The third kappa shape index (κ3) is 2.56. The number of nitrogens with two attached hydrogens (primary N) is 1. The van der Waals surface area contributed by atoms with Crippen molar-refractivity contribution in [3.8, 4) is 5.95 Å². The van der Waals surface area contributed by atoms with Crippen molar-refractivity contribution in [1.29, 1.82) is 0 Å². The molecule has 4 rings (SSSR count). The van der Waals surface area contributed by atoms with Gasteiger partial charge in [-0.25, -0.2) is 9.97 Å². The van der Waals surface area contributed by atoms with Gasteiger partial charge in [0.2, 0.25) is 5.95 Å². The van der Waals surface area contributed by atoms with Gasteiger partial charge < -0.3 is 5.73 Å². The third-order valence-corrected chi connectivity index (χ3v) is 5.29. The molecule has 1 aromatic carbocycles. The molecule has 1 aliphatic carbocycles. The molecule has 0 spiro atoms. The Bertz CT molecular complexity index is 883. The van der Waals surface area contributed by atoms with Crippen molar-refractivity contribution in [3.63, 3.8) is 0 Å². The van der Waals surface area contributed by atoms with Crippen LogP contribution in [0.2, 0.25) is 0 Å². The summed E-state index contributed by atoms with van der Waals surface area (Å²) < 4.78 is 3.25. The van der Waals surface area contributed by atoms with E-state index in [1.807, 2.05) is 12.4 Å². The molecule has 2 aromatic heterocycles. The Morgan fingerprint density at radius 2 is 2.08 bits per heavy atom. The van der Waals surface area contributed by atoms with E-state index < -0.39 is 0 Å².